The van der Waals surface area contributed by atoms with Crippen LogP contribution in [0.25, 0.3) is 10.9 Å². The molecule has 0 amide bonds. The number of nitrogens with zero attached hydrogens (tertiary/aromatic N) is 3. The van der Waals surface area contributed by atoms with Gasteiger partial charge in [0.05, 0.1) is 17.4 Å². The summed E-state index contributed by atoms with van der Waals surface area (Å²) in [5.41, 5.74) is 4.59. The van der Waals surface area contributed by atoms with Crippen molar-refractivity contribution < 1.29 is 14.4 Å². The van der Waals surface area contributed by atoms with Crippen LogP contribution in [0.1, 0.15) is 35.6 Å². The first-order valence-corrected chi connectivity index (χ1v) is 10.1. The van der Waals surface area contributed by atoms with E-state index in [2.05, 4.69) is 40.8 Å². The van der Waals surface area contributed by atoms with E-state index in [-0.39, 0.29) is 6.16 Å². The standard InChI is InChI=1S/C17H24N3O3P/c1-12-9-15-16(10-13(12)2)18-11-19-17(15)14-3-5-20(6-4-14)7-8-24(21,22)23/h9-11,14H,3-8H2,1-2H3,(H2,21,22,23). The van der Waals surface area contributed by atoms with Crippen molar-refractivity contribution in [1.29, 1.82) is 0 Å². The number of likely N-dealkylation sites (tertiary alicyclic amines) is 1. The molecule has 1 aliphatic rings. The zero-order chi connectivity index (χ0) is 17.3. The summed E-state index contributed by atoms with van der Waals surface area (Å²) >= 11 is 0. The van der Waals surface area contributed by atoms with Crippen molar-refractivity contribution >= 4 is 18.5 Å². The van der Waals surface area contributed by atoms with Crippen molar-refractivity contribution in [3.05, 3.63) is 35.3 Å². The van der Waals surface area contributed by atoms with E-state index in [0.29, 0.717) is 12.5 Å². The molecule has 0 radical (unpaired) electrons. The molecule has 6 nitrogen and oxygen atoms in total. The molecule has 3 rings (SSSR count). The van der Waals surface area contributed by atoms with Gasteiger partial charge >= 0.3 is 7.60 Å². The Hall–Kier alpha value is -1.33. The predicted octanol–water partition coefficient (Wildman–Crippen LogP) is 2.60. The second-order valence-corrected chi connectivity index (χ2v) is 8.49. The van der Waals surface area contributed by atoms with E-state index in [1.165, 1.54) is 11.1 Å². The Morgan fingerprint density at radius 3 is 2.50 bits per heavy atom. The molecule has 130 valence electrons. The Morgan fingerprint density at radius 1 is 1.17 bits per heavy atom. The molecule has 0 bridgehead atoms. The van der Waals surface area contributed by atoms with Gasteiger partial charge in [-0.2, -0.15) is 0 Å². The third-order valence-corrected chi connectivity index (χ3v) is 5.75. The van der Waals surface area contributed by atoms with Gasteiger partial charge in [0.15, 0.2) is 0 Å². The fourth-order valence-electron chi connectivity index (χ4n) is 3.36. The van der Waals surface area contributed by atoms with Crippen molar-refractivity contribution in [2.45, 2.75) is 32.6 Å². The molecule has 0 spiro atoms. The second kappa shape index (κ2) is 6.89. The van der Waals surface area contributed by atoms with E-state index in [9.17, 15) is 4.57 Å². The second-order valence-electron chi connectivity index (χ2n) is 6.72. The molecule has 1 fully saturated rings. The van der Waals surface area contributed by atoms with E-state index in [1.807, 2.05) is 0 Å². The zero-order valence-corrected chi connectivity index (χ0v) is 15.0. The molecule has 2 heterocycles. The largest absolute Gasteiger partial charge is 0.326 e. The Balaban J connectivity index is 1.74. The van der Waals surface area contributed by atoms with Crippen LogP contribution in [0, 0.1) is 13.8 Å². The van der Waals surface area contributed by atoms with Crippen molar-refractivity contribution in [3.8, 4) is 0 Å². The average molecular weight is 349 g/mol. The smallest absolute Gasteiger partial charge is 0.324 e. The quantitative estimate of drug-likeness (QED) is 0.825. The summed E-state index contributed by atoms with van der Waals surface area (Å²) in [7, 11) is -3.91. The van der Waals surface area contributed by atoms with Crippen LogP contribution in [0.2, 0.25) is 0 Å². The van der Waals surface area contributed by atoms with E-state index in [1.54, 1.807) is 6.33 Å². The summed E-state index contributed by atoms with van der Waals surface area (Å²) in [5.74, 6) is 0.379. The molecule has 1 aliphatic heterocycles. The van der Waals surface area contributed by atoms with Crippen LogP contribution in [0.5, 0.6) is 0 Å². The third kappa shape index (κ3) is 4.01. The summed E-state index contributed by atoms with van der Waals surface area (Å²) in [6.07, 6.45) is 3.50. The molecule has 2 aromatic rings. The minimum atomic E-state index is -3.91. The van der Waals surface area contributed by atoms with Crippen molar-refractivity contribution in [1.82, 2.24) is 14.9 Å². The Bertz CT molecular complexity index is 782. The van der Waals surface area contributed by atoms with Crippen LogP contribution in [-0.4, -0.2) is 50.5 Å². The lowest BCUT2D eigenvalue weighted by Crippen LogP contribution is -2.35. The number of hydrogen-bond donors (Lipinski definition) is 2. The van der Waals surface area contributed by atoms with Gasteiger partial charge < -0.3 is 14.7 Å². The van der Waals surface area contributed by atoms with Crippen molar-refractivity contribution in [2.24, 2.45) is 0 Å². The minimum absolute atomic E-state index is 0.0629. The van der Waals surface area contributed by atoms with E-state index in [0.717, 1.165) is 42.5 Å². The first-order valence-electron chi connectivity index (χ1n) is 8.32. The van der Waals surface area contributed by atoms with E-state index in [4.69, 9.17) is 9.79 Å². The zero-order valence-electron chi connectivity index (χ0n) is 14.1. The first kappa shape index (κ1) is 17.5. The lowest BCUT2D eigenvalue weighted by atomic mass is 9.90. The molecule has 7 heteroatoms. The summed E-state index contributed by atoms with van der Waals surface area (Å²) in [4.78, 5) is 29.1. The van der Waals surface area contributed by atoms with Gasteiger partial charge in [0.1, 0.15) is 6.33 Å². The van der Waals surface area contributed by atoms with Gasteiger partial charge in [0.25, 0.3) is 0 Å². The highest BCUT2D eigenvalue weighted by molar-refractivity contribution is 7.51. The van der Waals surface area contributed by atoms with Crippen LogP contribution in [0.3, 0.4) is 0 Å². The number of hydrogen-bond acceptors (Lipinski definition) is 4. The maximum absolute atomic E-state index is 11.0. The number of benzene rings is 1. The molecular formula is C17H24N3O3P. The Morgan fingerprint density at radius 2 is 1.83 bits per heavy atom. The SMILES string of the molecule is Cc1cc2ncnc(C3CCN(CCP(=O)(O)O)CC3)c2cc1C. The number of rotatable bonds is 4. The predicted molar refractivity (Wildman–Crippen MR) is 94.3 cm³/mol. The van der Waals surface area contributed by atoms with E-state index < -0.39 is 7.60 Å². The topological polar surface area (TPSA) is 86.6 Å². The van der Waals surface area contributed by atoms with Crippen LogP contribution in [0.15, 0.2) is 18.5 Å². The highest BCUT2D eigenvalue weighted by Crippen LogP contribution is 2.35. The highest BCUT2D eigenvalue weighted by Gasteiger charge is 2.25. The van der Waals surface area contributed by atoms with Gasteiger partial charge in [0, 0.05) is 17.8 Å². The van der Waals surface area contributed by atoms with Crippen molar-refractivity contribution in [2.75, 3.05) is 25.8 Å². The Labute approximate surface area is 142 Å². The molecular weight excluding hydrogens is 325 g/mol. The molecule has 0 aliphatic carbocycles. The molecule has 24 heavy (non-hydrogen) atoms. The van der Waals surface area contributed by atoms with Gasteiger partial charge in [-0.05, 0) is 63.0 Å². The molecule has 0 atom stereocenters. The van der Waals surface area contributed by atoms with Crippen LogP contribution >= 0.6 is 7.60 Å². The number of fused-ring (bicyclic) bond motifs is 1. The maximum Gasteiger partial charge on any atom is 0.326 e. The van der Waals surface area contributed by atoms with Gasteiger partial charge in [-0.1, -0.05) is 0 Å². The summed E-state index contributed by atoms with van der Waals surface area (Å²) in [5, 5.41) is 1.13. The van der Waals surface area contributed by atoms with Crippen molar-refractivity contribution in [3.63, 3.8) is 0 Å². The van der Waals surface area contributed by atoms with Crippen LogP contribution in [0.4, 0.5) is 0 Å². The summed E-state index contributed by atoms with van der Waals surface area (Å²) in [6.45, 7) is 6.36. The Kier molecular flexibility index (Phi) is 5.02. The number of piperidine rings is 1. The summed E-state index contributed by atoms with van der Waals surface area (Å²) < 4.78 is 11.0. The summed E-state index contributed by atoms with van der Waals surface area (Å²) in [6, 6.07) is 4.30. The van der Waals surface area contributed by atoms with Crippen LogP contribution < -0.4 is 0 Å². The number of aryl methyl sites for hydroxylation is 2. The first-order chi connectivity index (χ1) is 11.3. The molecule has 0 unspecified atom stereocenters. The normalized spacial score (nSPS) is 17.5. The lowest BCUT2D eigenvalue weighted by molar-refractivity contribution is 0.218. The third-order valence-electron chi connectivity index (χ3n) is 4.96. The molecule has 0 saturated carbocycles. The van der Waals surface area contributed by atoms with Gasteiger partial charge in [-0.15, -0.1) is 0 Å². The molecule has 1 saturated heterocycles. The molecule has 1 aromatic heterocycles. The monoisotopic (exact) mass is 349 g/mol. The lowest BCUT2D eigenvalue weighted by Gasteiger charge is -2.32. The van der Waals surface area contributed by atoms with Gasteiger partial charge in [-0.3, -0.25) is 4.57 Å². The van der Waals surface area contributed by atoms with Gasteiger partial charge in [0.2, 0.25) is 0 Å². The highest BCUT2D eigenvalue weighted by atomic mass is 31.2. The molecule has 2 N–H and O–H groups in total. The van der Waals surface area contributed by atoms with Gasteiger partial charge in [-0.25, -0.2) is 9.97 Å². The fourth-order valence-corrected chi connectivity index (χ4v) is 3.91. The minimum Gasteiger partial charge on any atom is -0.324 e. The molecule has 1 aromatic carbocycles. The average Bonchev–Trinajstić information content (AvgIpc) is 2.53. The number of aromatic nitrogens is 2. The van der Waals surface area contributed by atoms with E-state index >= 15 is 0 Å². The van der Waals surface area contributed by atoms with Crippen LogP contribution in [-0.2, 0) is 4.57 Å². The maximum atomic E-state index is 11.0. The fraction of sp³-hybridized carbons (Fsp3) is 0.529.